The van der Waals surface area contributed by atoms with Gasteiger partial charge in [-0.3, -0.25) is 9.59 Å². The van der Waals surface area contributed by atoms with Crippen LogP contribution in [0.25, 0.3) is 0 Å². The summed E-state index contributed by atoms with van der Waals surface area (Å²) in [5, 5.41) is 7.51. The van der Waals surface area contributed by atoms with Crippen LogP contribution in [0.4, 0.5) is 0 Å². The summed E-state index contributed by atoms with van der Waals surface area (Å²) in [5.74, 6) is 0.545. The van der Waals surface area contributed by atoms with E-state index in [1.54, 1.807) is 0 Å². The second kappa shape index (κ2) is 13.5. The number of amides is 2. The third kappa shape index (κ3) is 10.4. The first-order chi connectivity index (χ1) is 17.5. The molecule has 222 valence electrons. The Morgan fingerprint density at radius 1 is 0.579 bits per heavy atom. The molecule has 0 unspecified atom stereocenters. The molecular weight excluding hydrogens is 472 g/mol. The summed E-state index contributed by atoms with van der Waals surface area (Å²) in [7, 11) is 0. The van der Waals surface area contributed by atoms with Crippen molar-refractivity contribution >= 4 is 11.8 Å². The standard InChI is InChI=1S/C32H62N4O2/c1-11-13-19-35(25-21-29(3,4)33-30(5,6)22-25)27(37)17-15-16-18-28(38)36(20-14-12-2)26-23-31(7,8)34-32(9,10)24-26/h25-26,33-34H,11-24H2,1-10H3. The normalized spacial score (nSPS) is 22.7. The maximum absolute atomic E-state index is 13.5. The van der Waals surface area contributed by atoms with Gasteiger partial charge in [0.25, 0.3) is 0 Å². The Balaban J connectivity index is 1.97. The van der Waals surface area contributed by atoms with Crippen LogP contribution < -0.4 is 10.6 Å². The van der Waals surface area contributed by atoms with Gasteiger partial charge in [-0.05, 0) is 107 Å². The predicted molar refractivity (Wildman–Crippen MR) is 160 cm³/mol. The molecule has 0 spiro atoms. The molecule has 2 rings (SSSR count). The van der Waals surface area contributed by atoms with E-state index in [0.717, 1.165) is 77.3 Å². The Labute approximate surface area is 235 Å². The average molecular weight is 535 g/mol. The van der Waals surface area contributed by atoms with Crippen LogP contribution in [0.1, 0.15) is 146 Å². The van der Waals surface area contributed by atoms with Gasteiger partial charge in [-0.15, -0.1) is 0 Å². The quantitative estimate of drug-likeness (QED) is 0.268. The van der Waals surface area contributed by atoms with Crippen molar-refractivity contribution in [2.75, 3.05) is 13.1 Å². The lowest BCUT2D eigenvalue weighted by atomic mass is 9.78. The second-order valence-corrected chi connectivity index (χ2v) is 15.0. The zero-order valence-electron chi connectivity index (χ0n) is 26.8. The van der Waals surface area contributed by atoms with E-state index < -0.39 is 0 Å². The molecule has 0 aromatic carbocycles. The second-order valence-electron chi connectivity index (χ2n) is 15.0. The molecule has 0 bridgehead atoms. The van der Waals surface area contributed by atoms with Gasteiger partial charge in [0, 0.05) is 60.2 Å². The molecule has 2 aliphatic rings. The third-order valence-corrected chi connectivity index (χ3v) is 8.40. The van der Waals surface area contributed by atoms with Gasteiger partial charge < -0.3 is 20.4 Å². The van der Waals surface area contributed by atoms with Crippen LogP contribution in [0.5, 0.6) is 0 Å². The SMILES string of the molecule is CCCCN(C(=O)CCCCC(=O)N(CCCC)C1CC(C)(C)NC(C)(C)C1)C1CC(C)(C)NC(C)(C)C1. The zero-order chi connectivity index (χ0) is 28.8. The molecule has 6 nitrogen and oxygen atoms in total. The van der Waals surface area contributed by atoms with Gasteiger partial charge in [0.2, 0.25) is 11.8 Å². The van der Waals surface area contributed by atoms with E-state index in [-0.39, 0.29) is 46.1 Å². The van der Waals surface area contributed by atoms with Crippen LogP contribution in [0.2, 0.25) is 0 Å². The minimum absolute atomic E-state index is 0.0172. The number of carbonyl (C=O) groups is 2. The fourth-order valence-corrected chi connectivity index (χ4v) is 7.50. The van der Waals surface area contributed by atoms with Crippen LogP contribution in [0, 0.1) is 0 Å². The summed E-state index contributed by atoms with van der Waals surface area (Å²) >= 11 is 0. The van der Waals surface area contributed by atoms with E-state index in [0.29, 0.717) is 12.8 Å². The molecule has 0 aliphatic carbocycles. The number of hydrogen-bond donors (Lipinski definition) is 2. The molecule has 0 saturated carbocycles. The molecule has 2 amide bonds. The maximum atomic E-state index is 13.5. The summed E-state index contributed by atoms with van der Waals surface area (Å²) < 4.78 is 0. The van der Waals surface area contributed by atoms with Gasteiger partial charge in [0.15, 0.2) is 0 Å². The number of rotatable bonds is 13. The summed E-state index contributed by atoms with van der Waals surface area (Å²) in [5.41, 5.74) is 0.0686. The molecule has 0 atom stereocenters. The summed E-state index contributed by atoms with van der Waals surface area (Å²) in [6.45, 7) is 24.1. The van der Waals surface area contributed by atoms with Crippen molar-refractivity contribution in [3.63, 3.8) is 0 Å². The minimum Gasteiger partial charge on any atom is -0.340 e. The van der Waals surface area contributed by atoms with Crippen molar-refractivity contribution in [2.24, 2.45) is 0 Å². The molecule has 0 aromatic heterocycles. The Morgan fingerprint density at radius 2 is 0.868 bits per heavy atom. The Hall–Kier alpha value is -1.14. The maximum Gasteiger partial charge on any atom is 0.222 e. The van der Waals surface area contributed by atoms with E-state index in [4.69, 9.17) is 0 Å². The van der Waals surface area contributed by atoms with Crippen LogP contribution >= 0.6 is 0 Å². The Bertz CT molecular complexity index is 677. The minimum atomic E-state index is 0.0172. The van der Waals surface area contributed by atoms with Gasteiger partial charge in [0.1, 0.15) is 0 Å². The zero-order valence-corrected chi connectivity index (χ0v) is 26.8. The van der Waals surface area contributed by atoms with Crippen LogP contribution in [-0.2, 0) is 9.59 Å². The van der Waals surface area contributed by atoms with Crippen LogP contribution in [-0.4, -0.2) is 68.9 Å². The molecule has 0 aromatic rings. The first kappa shape index (κ1) is 33.1. The summed E-state index contributed by atoms with van der Waals surface area (Å²) in [6, 6.07) is 0.552. The smallest absolute Gasteiger partial charge is 0.222 e. The monoisotopic (exact) mass is 534 g/mol. The molecule has 2 fully saturated rings. The number of unbranched alkanes of at least 4 members (excludes halogenated alkanes) is 3. The molecule has 2 saturated heterocycles. The number of carbonyl (C=O) groups excluding carboxylic acids is 2. The predicted octanol–water partition coefficient (Wildman–Crippen LogP) is 6.42. The van der Waals surface area contributed by atoms with Gasteiger partial charge >= 0.3 is 0 Å². The van der Waals surface area contributed by atoms with E-state index in [1.807, 2.05) is 0 Å². The highest BCUT2D eigenvalue weighted by molar-refractivity contribution is 5.78. The van der Waals surface area contributed by atoms with Crippen molar-refractivity contribution in [3.05, 3.63) is 0 Å². The number of nitrogens with one attached hydrogen (secondary N) is 2. The topological polar surface area (TPSA) is 64.7 Å². The van der Waals surface area contributed by atoms with E-state index >= 15 is 0 Å². The number of piperidine rings is 2. The molecule has 0 radical (unpaired) electrons. The third-order valence-electron chi connectivity index (χ3n) is 8.40. The largest absolute Gasteiger partial charge is 0.340 e. The van der Waals surface area contributed by atoms with Crippen LogP contribution in [0.15, 0.2) is 0 Å². The van der Waals surface area contributed by atoms with E-state index in [9.17, 15) is 9.59 Å². The lowest BCUT2D eigenvalue weighted by Crippen LogP contribution is -2.63. The molecule has 2 aliphatic heterocycles. The van der Waals surface area contributed by atoms with E-state index in [2.05, 4.69) is 89.7 Å². The fourth-order valence-electron chi connectivity index (χ4n) is 7.50. The number of nitrogens with zero attached hydrogens (tertiary/aromatic N) is 2. The highest BCUT2D eigenvalue weighted by atomic mass is 16.2. The lowest BCUT2D eigenvalue weighted by molar-refractivity contribution is -0.137. The Kier molecular flexibility index (Phi) is 11.7. The average Bonchev–Trinajstić information content (AvgIpc) is 2.73. The van der Waals surface area contributed by atoms with Gasteiger partial charge in [-0.25, -0.2) is 0 Å². The molecule has 2 N–H and O–H groups in total. The van der Waals surface area contributed by atoms with E-state index in [1.165, 1.54) is 0 Å². The molecule has 38 heavy (non-hydrogen) atoms. The molecular formula is C32H62N4O2. The van der Waals surface area contributed by atoms with Crippen molar-refractivity contribution in [1.82, 2.24) is 20.4 Å². The van der Waals surface area contributed by atoms with Gasteiger partial charge in [0.05, 0.1) is 0 Å². The van der Waals surface area contributed by atoms with Crippen molar-refractivity contribution < 1.29 is 9.59 Å². The van der Waals surface area contributed by atoms with Crippen molar-refractivity contribution in [3.8, 4) is 0 Å². The fraction of sp³-hybridized carbons (Fsp3) is 0.938. The first-order valence-electron chi connectivity index (χ1n) is 15.7. The van der Waals surface area contributed by atoms with Gasteiger partial charge in [-0.2, -0.15) is 0 Å². The van der Waals surface area contributed by atoms with Crippen molar-refractivity contribution in [2.45, 2.75) is 181 Å². The first-order valence-corrected chi connectivity index (χ1v) is 15.7. The highest BCUT2D eigenvalue weighted by Gasteiger charge is 2.42. The summed E-state index contributed by atoms with van der Waals surface area (Å²) in [6.07, 6.45) is 10.9. The molecule has 2 heterocycles. The lowest BCUT2D eigenvalue weighted by Gasteiger charge is -2.50. The Morgan fingerprint density at radius 3 is 1.13 bits per heavy atom. The van der Waals surface area contributed by atoms with Crippen LogP contribution in [0.3, 0.4) is 0 Å². The number of hydrogen-bond acceptors (Lipinski definition) is 4. The highest BCUT2D eigenvalue weighted by Crippen LogP contribution is 2.33. The molecule has 6 heteroatoms. The summed E-state index contributed by atoms with van der Waals surface area (Å²) in [4.78, 5) is 31.3. The van der Waals surface area contributed by atoms with Gasteiger partial charge in [-0.1, -0.05) is 26.7 Å². The van der Waals surface area contributed by atoms with Crippen molar-refractivity contribution in [1.29, 1.82) is 0 Å².